The van der Waals surface area contributed by atoms with Crippen LogP contribution in [-0.4, -0.2) is 32.2 Å². The van der Waals surface area contributed by atoms with Crippen molar-refractivity contribution in [1.82, 2.24) is 20.2 Å². The van der Waals surface area contributed by atoms with Crippen LogP contribution in [0.4, 0.5) is 13.9 Å². The van der Waals surface area contributed by atoms with Crippen LogP contribution < -0.4 is 5.32 Å². The summed E-state index contributed by atoms with van der Waals surface area (Å²) in [6, 6.07) is 3.48. The number of H-pyrrole nitrogens is 1. The Balaban J connectivity index is 1.58. The number of anilines is 1. The number of carbonyl (C=O) groups is 1. The Kier molecular flexibility index (Phi) is 3.85. The molecule has 0 aliphatic heterocycles. The maximum Gasteiger partial charge on any atom is 0.232 e. The molecule has 0 spiro atoms. The number of nitrogens with zero attached hydrogens (tertiary/aromatic N) is 3. The maximum absolute atomic E-state index is 14.6. The standard InChI is InChI=1S/C18H12ClF2N5OS/c1-6-12(8-5-22-26-15(8)13(19)14(6)21)10-2-3-11-17(23-10)28-18(24-11)25-16(27)7-4-9(7)20/h2-3,5,7,9H,4H2,1H3,(H,22,26)(H,24,25,27)/t7-,9+/m1/s1. The van der Waals surface area contributed by atoms with Crippen molar-refractivity contribution in [3.63, 3.8) is 0 Å². The van der Waals surface area contributed by atoms with E-state index < -0.39 is 17.9 Å². The van der Waals surface area contributed by atoms with Gasteiger partial charge in [-0.25, -0.2) is 18.7 Å². The maximum atomic E-state index is 14.6. The van der Waals surface area contributed by atoms with Gasteiger partial charge in [0, 0.05) is 10.9 Å². The van der Waals surface area contributed by atoms with Crippen LogP contribution in [0.1, 0.15) is 12.0 Å². The van der Waals surface area contributed by atoms with Crippen LogP contribution in [0.15, 0.2) is 18.3 Å². The number of pyridine rings is 1. The third kappa shape index (κ3) is 2.65. The first-order chi connectivity index (χ1) is 13.4. The molecule has 0 radical (unpaired) electrons. The average molecular weight is 420 g/mol. The summed E-state index contributed by atoms with van der Waals surface area (Å²) in [5, 5.41) is 10.3. The third-order valence-corrected chi connectivity index (χ3v) is 6.05. The molecular formula is C18H12ClF2N5OS. The predicted octanol–water partition coefficient (Wildman–Crippen LogP) is 4.63. The molecule has 2 atom stereocenters. The first kappa shape index (κ1) is 17.4. The smallest absolute Gasteiger partial charge is 0.232 e. The molecule has 5 rings (SSSR count). The highest BCUT2D eigenvalue weighted by atomic mass is 35.5. The van der Waals surface area contributed by atoms with Crippen LogP contribution in [0.5, 0.6) is 0 Å². The molecule has 6 nitrogen and oxygen atoms in total. The van der Waals surface area contributed by atoms with Crippen molar-refractivity contribution in [2.75, 3.05) is 5.32 Å². The number of thiazole rings is 1. The molecule has 28 heavy (non-hydrogen) atoms. The lowest BCUT2D eigenvalue weighted by molar-refractivity contribution is -0.117. The fraction of sp³-hybridized carbons (Fsp3) is 0.222. The van der Waals surface area contributed by atoms with Gasteiger partial charge < -0.3 is 5.32 Å². The van der Waals surface area contributed by atoms with E-state index >= 15 is 0 Å². The number of nitrogens with one attached hydrogen (secondary N) is 2. The van der Waals surface area contributed by atoms with Crippen molar-refractivity contribution in [2.24, 2.45) is 5.92 Å². The fourth-order valence-electron chi connectivity index (χ4n) is 3.20. The molecule has 142 valence electrons. The topological polar surface area (TPSA) is 83.6 Å². The minimum Gasteiger partial charge on any atom is -0.302 e. The largest absolute Gasteiger partial charge is 0.302 e. The highest BCUT2D eigenvalue weighted by Gasteiger charge is 2.43. The number of carbonyl (C=O) groups excluding carboxylic acids is 1. The van der Waals surface area contributed by atoms with Gasteiger partial charge >= 0.3 is 0 Å². The Morgan fingerprint density at radius 1 is 1.39 bits per heavy atom. The van der Waals surface area contributed by atoms with E-state index in [-0.39, 0.29) is 17.4 Å². The highest BCUT2D eigenvalue weighted by molar-refractivity contribution is 7.22. The van der Waals surface area contributed by atoms with Gasteiger partial charge in [0.25, 0.3) is 0 Å². The predicted molar refractivity (Wildman–Crippen MR) is 104 cm³/mol. The number of benzene rings is 1. The molecule has 1 amide bonds. The van der Waals surface area contributed by atoms with Gasteiger partial charge in [-0.2, -0.15) is 5.10 Å². The fourth-order valence-corrected chi connectivity index (χ4v) is 4.33. The molecule has 0 unspecified atom stereocenters. The van der Waals surface area contributed by atoms with Crippen molar-refractivity contribution >= 4 is 55.2 Å². The molecule has 4 aromatic rings. The van der Waals surface area contributed by atoms with E-state index in [1.165, 1.54) is 11.3 Å². The molecule has 1 fully saturated rings. The van der Waals surface area contributed by atoms with Crippen LogP contribution >= 0.6 is 22.9 Å². The molecule has 10 heteroatoms. The second kappa shape index (κ2) is 6.18. The van der Waals surface area contributed by atoms with Gasteiger partial charge in [0.15, 0.2) is 5.13 Å². The van der Waals surface area contributed by atoms with E-state index in [9.17, 15) is 13.6 Å². The second-order valence-corrected chi connectivity index (χ2v) is 8.03. The van der Waals surface area contributed by atoms with Gasteiger partial charge in [0.1, 0.15) is 27.4 Å². The molecule has 2 N–H and O–H groups in total. The number of aromatic amines is 1. The number of amides is 1. The van der Waals surface area contributed by atoms with E-state index in [1.54, 1.807) is 25.3 Å². The van der Waals surface area contributed by atoms with Crippen LogP contribution in [0.25, 0.3) is 32.5 Å². The Hall–Kier alpha value is -2.65. The average Bonchev–Trinajstić information content (AvgIpc) is 3.06. The van der Waals surface area contributed by atoms with E-state index in [0.29, 0.717) is 43.2 Å². The van der Waals surface area contributed by atoms with E-state index in [4.69, 9.17) is 11.6 Å². The molecule has 1 aliphatic rings. The summed E-state index contributed by atoms with van der Waals surface area (Å²) in [6.45, 7) is 1.64. The monoisotopic (exact) mass is 419 g/mol. The Morgan fingerprint density at radius 2 is 2.18 bits per heavy atom. The summed E-state index contributed by atoms with van der Waals surface area (Å²) < 4.78 is 27.6. The van der Waals surface area contributed by atoms with Crippen molar-refractivity contribution in [2.45, 2.75) is 19.5 Å². The van der Waals surface area contributed by atoms with Gasteiger partial charge in [-0.3, -0.25) is 9.89 Å². The van der Waals surface area contributed by atoms with Crippen molar-refractivity contribution in [1.29, 1.82) is 0 Å². The van der Waals surface area contributed by atoms with Crippen molar-refractivity contribution in [3.8, 4) is 11.3 Å². The summed E-state index contributed by atoms with van der Waals surface area (Å²) in [5.74, 6) is -1.50. The zero-order chi connectivity index (χ0) is 19.6. The summed E-state index contributed by atoms with van der Waals surface area (Å²) in [6.07, 6.45) is 0.761. The number of hydrogen-bond donors (Lipinski definition) is 2. The molecule has 3 heterocycles. The highest BCUT2D eigenvalue weighted by Crippen LogP contribution is 2.39. The van der Waals surface area contributed by atoms with E-state index in [2.05, 4.69) is 25.5 Å². The van der Waals surface area contributed by atoms with Gasteiger partial charge in [-0.05, 0) is 31.0 Å². The molecule has 3 aromatic heterocycles. The van der Waals surface area contributed by atoms with Gasteiger partial charge in [-0.15, -0.1) is 0 Å². The Morgan fingerprint density at radius 3 is 2.93 bits per heavy atom. The normalized spacial score (nSPS) is 18.7. The van der Waals surface area contributed by atoms with Crippen LogP contribution in [0.2, 0.25) is 5.02 Å². The minimum atomic E-state index is -1.07. The third-order valence-electron chi connectivity index (χ3n) is 4.82. The molecular weight excluding hydrogens is 408 g/mol. The molecule has 1 aromatic carbocycles. The zero-order valence-corrected chi connectivity index (χ0v) is 16.0. The van der Waals surface area contributed by atoms with Gasteiger partial charge in [0.05, 0.1) is 23.3 Å². The summed E-state index contributed by atoms with van der Waals surface area (Å²) >= 11 is 7.26. The van der Waals surface area contributed by atoms with Crippen molar-refractivity contribution in [3.05, 3.63) is 34.7 Å². The molecule has 1 aliphatic carbocycles. The molecule has 0 bridgehead atoms. The SMILES string of the molecule is Cc1c(F)c(Cl)c2[nH]ncc2c1-c1ccc2nc(NC(=O)[C@@H]3C[C@@H]3F)sc2n1. The molecule has 0 saturated heterocycles. The quantitative estimate of drug-likeness (QED) is 0.507. The first-order valence-electron chi connectivity index (χ1n) is 8.47. The lowest BCUT2D eigenvalue weighted by Crippen LogP contribution is -2.14. The van der Waals surface area contributed by atoms with Crippen LogP contribution in [-0.2, 0) is 4.79 Å². The summed E-state index contributed by atoms with van der Waals surface area (Å²) in [4.78, 5) is 21.4. The lowest BCUT2D eigenvalue weighted by Gasteiger charge is -2.10. The minimum absolute atomic E-state index is 0.0103. The van der Waals surface area contributed by atoms with Crippen LogP contribution in [0, 0.1) is 18.7 Å². The zero-order valence-electron chi connectivity index (χ0n) is 14.4. The summed E-state index contributed by atoms with van der Waals surface area (Å²) in [5.41, 5.74) is 2.49. The Labute approximate surface area is 165 Å². The van der Waals surface area contributed by atoms with E-state index in [1.807, 2.05) is 0 Å². The number of alkyl halides is 1. The lowest BCUT2D eigenvalue weighted by atomic mass is 10.00. The number of aromatic nitrogens is 4. The van der Waals surface area contributed by atoms with E-state index in [0.717, 1.165) is 0 Å². The number of halogens is 3. The second-order valence-electron chi connectivity index (χ2n) is 6.67. The number of fused-ring (bicyclic) bond motifs is 2. The number of hydrogen-bond acceptors (Lipinski definition) is 5. The Bertz CT molecular complexity index is 1270. The van der Waals surface area contributed by atoms with Crippen molar-refractivity contribution < 1.29 is 13.6 Å². The summed E-state index contributed by atoms with van der Waals surface area (Å²) in [7, 11) is 0. The van der Waals surface area contributed by atoms with Crippen LogP contribution in [0.3, 0.4) is 0 Å². The first-order valence-corrected chi connectivity index (χ1v) is 9.67. The number of rotatable bonds is 3. The molecule has 1 saturated carbocycles. The van der Waals surface area contributed by atoms with Gasteiger partial charge in [0.2, 0.25) is 5.91 Å². The van der Waals surface area contributed by atoms with Gasteiger partial charge in [-0.1, -0.05) is 22.9 Å².